The van der Waals surface area contributed by atoms with Crippen LogP contribution in [-0.2, 0) is 4.74 Å². The molecule has 0 aliphatic carbocycles. The smallest absolute Gasteiger partial charge is 0.0478 e. The third kappa shape index (κ3) is 4.19. The average molecular weight is 255 g/mol. The number of nitrogens with two attached hydrogens (primary N) is 1. The Morgan fingerprint density at radius 1 is 1.17 bits per heavy atom. The molecule has 0 amide bonds. The molecule has 4 heteroatoms. The zero-order valence-electron chi connectivity index (χ0n) is 11.8. The number of piperidine rings is 1. The molecule has 0 radical (unpaired) electrons. The Bertz CT molecular complexity index is 229. The molecule has 2 heterocycles. The van der Waals surface area contributed by atoms with Crippen molar-refractivity contribution in [3.63, 3.8) is 0 Å². The van der Waals surface area contributed by atoms with Gasteiger partial charge in [0.05, 0.1) is 0 Å². The summed E-state index contributed by atoms with van der Waals surface area (Å²) in [4.78, 5) is 5.25. The highest BCUT2D eigenvalue weighted by Crippen LogP contribution is 2.19. The molecule has 2 saturated heterocycles. The van der Waals surface area contributed by atoms with Crippen molar-refractivity contribution in [3.8, 4) is 0 Å². The highest BCUT2D eigenvalue weighted by molar-refractivity contribution is 4.86. The van der Waals surface area contributed by atoms with Crippen molar-refractivity contribution in [2.45, 2.75) is 44.7 Å². The summed E-state index contributed by atoms with van der Waals surface area (Å²) < 4.78 is 5.40. The Morgan fingerprint density at radius 2 is 1.94 bits per heavy atom. The van der Waals surface area contributed by atoms with Crippen molar-refractivity contribution in [1.82, 2.24) is 9.80 Å². The van der Waals surface area contributed by atoms with Crippen molar-refractivity contribution >= 4 is 0 Å². The minimum absolute atomic E-state index is 0.449. The van der Waals surface area contributed by atoms with Crippen LogP contribution < -0.4 is 5.73 Å². The summed E-state index contributed by atoms with van der Waals surface area (Å²) in [5.41, 5.74) is 5.97. The van der Waals surface area contributed by atoms with Gasteiger partial charge in [-0.15, -0.1) is 0 Å². The summed E-state index contributed by atoms with van der Waals surface area (Å²) in [7, 11) is 0. The quantitative estimate of drug-likeness (QED) is 0.716. The lowest BCUT2D eigenvalue weighted by atomic mass is 10.0. The van der Waals surface area contributed by atoms with Crippen LogP contribution in [0.25, 0.3) is 0 Å². The van der Waals surface area contributed by atoms with E-state index in [2.05, 4.69) is 16.7 Å². The van der Waals surface area contributed by atoms with E-state index in [4.69, 9.17) is 10.5 Å². The van der Waals surface area contributed by atoms with Gasteiger partial charge in [-0.1, -0.05) is 0 Å². The maximum absolute atomic E-state index is 5.97. The molecule has 106 valence electrons. The summed E-state index contributed by atoms with van der Waals surface area (Å²) >= 11 is 0. The molecule has 4 nitrogen and oxygen atoms in total. The van der Waals surface area contributed by atoms with E-state index >= 15 is 0 Å². The zero-order valence-corrected chi connectivity index (χ0v) is 11.8. The van der Waals surface area contributed by atoms with E-state index in [-0.39, 0.29) is 0 Å². The lowest BCUT2D eigenvalue weighted by molar-refractivity contribution is 0.129. The normalized spacial score (nSPS) is 28.0. The van der Waals surface area contributed by atoms with Crippen LogP contribution in [0.1, 0.15) is 32.6 Å². The number of hydrogen-bond acceptors (Lipinski definition) is 4. The first-order valence-electron chi connectivity index (χ1n) is 7.59. The van der Waals surface area contributed by atoms with Gasteiger partial charge in [-0.3, -0.25) is 4.90 Å². The minimum Gasteiger partial charge on any atom is -0.382 e. The molecule has 0 bridgehead atoms. The SMILES string of the molecule is CCOCCCN1CCC(N2CCC(N)CC2)C1. The fraction of sp³-hybridized carbons (Fsp3) is 1.00. The Morgan fingerprint density at radius 3 is 2.67 bits per heavy atom. The summed E-state index contributed by atoms with van der Waals surface area (Å²) in [5.74, 6) is 0. The van der Waals surface area contributed by atoms with Crippen LogP contribution in [0.2, 0.25) is 0 Å². The van der Waals surface area contributed by atoms with E-state index in [1.54, 1.807) is 0 Å². The van der Waals surface area contributed by atoms with Gasteiger partial charge < -0.3 is 15.4 Å². The predicted octanol–water partition coefficient (Wildman–Crippen LogP) is 0.910. The molecule has 0 spiro atoms. The predicted molar refractivity (Wildman–Crippen MR) is 74.7 cm³/mol. The van der Waals surface area contributed by atoms with Gasteiger partial charge in [-0.25, -0.2) is 0 Å². The fourth-order valence-electron chi connectivity index (χ4n) is 3.13. The Hall–Kier alpha value is -0.160. The van der Waals surface area contributed by atoms with E-state index in [9.17, 15) is 0 Å². The standard InChI is InChI=1S/C14H29N3O/c1-2-18-11-3-7-16-8-6-14(12-16)17-9-4-13(15)5-10-17/h13-14H,2-12,15H2,1H3. The van der Waals surface area contributed by atoms with Crippen LogP contribution in [0.15, 0.2) is 0 Å². The van der Waals surface area contributed by atoms with Crippen molar-refractivity contribution < 1.29 is 4.74 Å². The molecule has 2 aliphatic rings. The van der Waals surface area contributed by atoms with Gasteiger partial charge in [0.15, 0.2) is 0 Å². The van der Waals surface area contributed by atoms with E-state index in [1.165, 1.54) is 58.4 Å². The number of nitrogens with zero attached hydrogens (tertiary/aromatic N) is 2. The summed E-state index contributed by atoms with van der Waals surface area (Å²) in [6, 6.07) is 1.23. The molecule has 0 aromatic carbocycles. The van der Waals surface area contributed by atoms with Crippen molar-refractivity contribution in [2.24, 2.45) is 5.73 Å². The van der Waals surface area contributed by atoms with Crippen LogP contribution in [0.4, 0.5) is 0 Å². The number of ether oxygens (including phenoxy) is 1. The molecule has 0 aromatic heterocycles. The van der Waals surface area contributed by atoms with Crippen molar-refractivity contribution in [2.75, 3.05) is 45.9 Å². The second kappa shape index (κ2) is 7.43. The summed E-state index contributed by atoms with van der Waals surface area (Å²) in [6.45, 7) is 9.95. The number of likely N-dealkylation sites (tertiary alicyclic amines) is 2. The van der Waals surface area contributed by atoms with Crippen LogP contribution in [0, 0.1) is 0 Å². The van der Waals surface area contributed by atoms with E-state index in [0.29, 0.717) is 6.04 Å². The third-order valence-corrected chi connectivity index (χ3v) is 4.31. The molecule has 0 aromatic rings. The maximum Gasteiger partial charge on any atom is 0.0478 e. The van der Waals surface area contributed by atoms with Gasteiger partial charge in [-0.2, -0.15) is 0 Å². The highest BCUT2D eigenvalue weighted by atomic mass is 16.5. The van der Waals surface area contributed by atoms with E-state index < -0.39 is 0 Å². The first-order chi connectivity index (χ1) is 8.79. The highest BCUT2D eigenvalue weighted by Gasteiger charge is 2.29. The van der Waals surface area contributed by atoms with Crippen molar-refractivity contribution in [1.29, 1.82) is 0 Å². The Labute approximate surface area is 111 Å². The first kappa shape index (κ1) is 14.3. The molecule has 2 rings (SSSR count). The lowest BCUT2D eigenvalue weighted by Gasteiger charge is -2.34. The van der Waals surface area contributed by atoms with E-state index in [1.807, 2.05) is 0 Å². The number of rotatable bonds is 6. The molecular formula is C14H29N3O. The molecule has 18 heavy (non-hydrogen) atoms. The van der Waals surface area contributed by atoms with Gasteiger partial charge in [0, 0.05) is 38.4 Å². The first-order valence-corrected chi connectivity index (χ1v) is 7.59. The third-order valence-electron chi connectivity index (χ3n) is 4.31. The van der Waals surface area contributed by atoms with Gasteiger partial charge in [0.1, 0.15) is 0 Å². The van der Waals surface area contributed by atoms with Crippen LogP contribution in [-0.4, -0.2) is 67.8 Å². The van der Waals surface area contributed by atoms with Crippen LogP contribution in [0.5, 0.6) is 0 Å². The molecule has 1 atom stereocenters. The lowest BCUT2D eigenvalue weighted by Crippen LogP contribution is -2.46. The van der Waals surface area contributed by atoms with Crippen molar-refractivity contribution in [3.05, 3.63) is 0 Å². The molecule has 1 unspecified atom stereocenters. The Kier molecular flexibility index (Phi) is 5.89. The maximum atomic E-state index is 5.97. The van der Waals surface area contributed by atoms with Gasteiger partial charge in [0.2, 0.25) is 0 Å². The van der Waals surface area contributed by atoms with E-state index in [0.717, 1.165) is 19.3 Å². The largest absolute Gasteiger partial charge is 0.382 e. The second-order valence-corrected chi connectivity index (χ2v) is 5.67. The average Bonchev–Trinajstić information content (AvgIpc) is 2.84. The minimum atomic E-state index is 0.449. The molecule has 2 fully saturated rings. The molecular weight excluding hydrogens is 226 g/mol. The zero-order chi connectivity index (χ0) is 12.8. The monoisotopic (exact) mass is 255 g/mol. The van der Waals surface area contributed by atoms with Gasteiger partial charge >= 0.3 is 0 Å². The molecule has 0 saturated carbocycles. The van der Waals surface area contributed by atoms with Gasteiger partial charge in [-0.05, 0) is 52.2 Å². The summed E-state index contributed by atoms with van der Waals surface area (Å²) in [5, 5.41) is 0. The number of hydrogen-bond donors (Lipinski definition) is 1. The van der Waals surface area contributed by atoms with Crippen LogP contribution in [0.3, 0.4) is 0 Å². The fourth-order valence-corrected chi connectivity index (χ4v) is 3.13. The summed E-state index contributed by atoms with van der Waals surface area (Å²) in [6.07, 6.45) is 4.87. The molecule has 2 N–H and O–H groups in total. The topological polar surface area (TPSA) is 41.7 Å². The van der Waals surface area contributed by atoms with Gasteiger partial charge in [0.25, 0.3) is 0 Å². The molecule has 2 aliphatic heterocycles. The Balaban J connectivity index is 1.62. The second-order valence-electron chi connectivity index (χ2n) is 5.67. The van der Waals surface area contributed by atoms with Crippen LogP contribution >= 0.6 is 0 Å².